The first-order valence-corrected chi connectivity index (χ1v) is 8.99. The van der Waals surface area contributed by atoms with Crippen LogP contribution in [0.25, 0.3) is 0 Å². The van der Waals surface area contributed by atoms with Crippen LogP contribution in [0.2, 0.25) is 0 Å². The summed E-state index contributed by atoms with van der Waals surface area (Å²) in [7, 11) is 0. The fourth-order valence-corrected chi connectivity index (χ4v) is 3.39. The van der Waals surface area contributed by atoms with Crippen molar-refractivity contribution in [2.75, 3.05) is 24.5 Å². The molecule has 1 aliphatic rings. The third-order valence-electron chi connectivity index (χ3n) is 5.00. The fraction of sp³-hybridized carbons (Fsp3) is 0.368. The van der Waals surface area contributed by atoms with Crippen LogP contribution >= 0.6 is 0 Å². The van der Waals surface area contributed by atoms with Crippen LogP contribution in [-0.4, -0.2) is 40.4 Å². The van der Waals surface area contributed by atoms with E-state index in [2.05, 4.69) is 21.4 Å². The number of benzene rings is 1. The van der Waals surface area contributed by atoms with Crippen molar-refractivity contribution in [2.45, 2.75) is 19.8 Å². The van der Waals surface area contributed by atoms with Gasteiger partial charge < -0.3 is 10.2 Å². The first kappa shape index (κ1) is 19.2. The molecule has 0 aliphatic carbocycles. The van der Waals surface area contributed by atoms with Crippen molar-refractivity contribution in [1.82, 2.24) is 15.3 Å². The standard InChI is InChI=1S/C19H20N6O3/c1-13-15(3-2-4-17(13)25(27)28)19(26)23-12-14-5-9-24(10-6-14)18-16(11-20)21-7-8-22-18/h2-4,7-8,14H,5-6,9-10,12H2,1H3,(H,23,26). The van der Waals surface area contributed by atoms with E-state index in [0.717, 1.165) is 25.9 Å². The highest BCUT2D eigenvalue weighted by Gasteiger charge is 2.24. The summed E-state index contributed by atoms with van der Waals surface area (Å²) in [5, 5.41) is 23.1. The van der Waals surface area contributed by atoms with E-state index in [-0.39, 0.29) is 11.6 Å². The minimum Gasteiger partial charge on any atom is -0.354 e. The Balaban J connectivity index is 1.56. The molecule has 9 nitrogen and oxygen atoms in total. The van der Waals surface area contributed by atoms with E-state index >= 15 is 0 Å². The number of rotatable bonds is 5. The van der Waals surface area contributed by atoms with Gasteiger partial charge >= 0.3 is 0 Å². The Morgan fingerprint density at radius 1 is 1.36 bits per heavy atom. The average Bonchev–Trinajstić information content (AvgIpc) is 2.72. The van der Waals surface area contributed by atoms with Gasteiger partial charge in [0.25, 0.3) is 11.6 Å². The van der Waals surface area contributed by atoms with Crippen LogP contribution in [-0.2, 0) is 0 Å². The van der Waals surface area contributed by atoms with Crippen LogP contribution < -0.4 is 10.2 Å². The first-order chi connectivity index (χ1) is 13.5. The highest BCUT2D eigenvalue weighted by atomic mass is 16.6. The van der Waals surface area contributed by atoms with Gasteiger partial charge in [-0.15, -0.1) is 0 Å². The molecule has 2 heterocycles. The number of nitrogens with one attached hydrogen (secondary N) is 1. The molecule has 144 valence electrons. The predicted molar refractivity (Wildman–Crippen MR) is 102 cm³/mol. The smallest absolute Gasteiger partial charge is 0.273 e. The van der Waals surface area contributed by atoms with E-state index in [1.165, 1.54) is 18.3 Å². The zero-order valence-electron chi connectivity index (χ0n) is 15.5. The Kier molecular flexibility index (Phi) is 5.79. The lowest BCUT2D eigenvalue weighted by Gasteiger charge is -2.32. The average molecular weight is 380 g/mol. The number of nitro groups is 1. The van der Waals surface area contributed by atoms with E-state index < -0.39 is 4.92 Å². The Morgan fingerprint density at radius 3 is 2.75 bits per heavy atom. The number of hydrogen-bond donors (Lipinski definition) is 1. The third-order valence-corrected chi connectivity index (χ3v) is 5.00. The molecule has 0 bridgehead atoms. The summed E-state index contributed by atoms with van der Waals surface area (Å²) in [5.74, 6) is 0.588. The van der Waals surface area contributed by atoms with E-state index in [1.54, 1.807) is 19.2 Å². The molecule has 28 heavy (non-hydrogen) atoms. The van der Waals surface area contributed by atoms with Gasteiger partial charge in [0.05, 0.1) is 4.92 Å². The molecule has 3 rings (SSSR count). The molecule has 1 amide bonds. The van der Waals surface area contributed by atoms with Gasteiger partial charge in [-0.3, -0.25) is 14.9 Å². The molecule has 1 saturated heterocycles. The molecular weight excluding hydrogens is 360 g/mol. The summed E-state index contributed by atoms with van der Waals surface area (Å²) in [4.78, 5) is 33.3. The minimum absolute atomic E-state index is 0.0572. The van der Waals surface area contributed by atoms with Crippen molar-refractivity contribution in [3.63, 3.8) is 0 Å². The van der Waals surface area contributed by atoms with Crippen LogP contribution in [0.5, 0.6) is 0 Å². The predicted octanol–water partition coefficient (Wildman–Crippen LogP) is 2.21. The molecule has 1 aromatic carbocycles. The number of nitriles is 1. The number of hydrogen-bond acceptors (Lipinski definition) is 7. The monoisotopic (exact) mass is 380 g/mol. The number of aromatic nitrogens is 2. The number of nitro benzene ring substituents is 1. The third kappa shape index (κ3) is 4.06. The van der Waals surface area contributed by atoms with E-state index in [0.29, 0.717) is 35.1 Å². The van der Waals surface area contributed by atoms with E-state index in [1.807, 2.05) is 4.90 Å². The molecule has 1 aromatic heterocycles. The molecule has 1 aliphatic heterocycles. The normalized spacial score (nSPS) is 14.4. The Bertz CT molecular complexity index is 932. The SMILES string of the molecule is Cc1c(C(=O)NCC2CCN(c3nccnc3C#N)CC2)cccc1[N+](=O)[O-]. The van der Waals surface area contributed by atoms with Crippen molar-refractivity contribution in [3.8, 4) is 6.07 Å². The van der Waals surface area contributed by atoms with Crippen molar-refractivity contribution < 1.29 is 9.72 Å². The molecule has 0 unspecified atom stereocenters. The number of nitrogens with zero attached hydrogens (tertiary/aromatic N) is 5. The lowest BCUT2D eigenvalue weighted by molar-refractivity contribution is -0.385. The van der Waals surface area contributed by atoms with Crippen molar-refractivity contribution in [1.29, 1.82) is 5.26 Å². The topological polar surface area (TPSA) is 125 Å². The molecule has 1 fully saturated rings. The minimum atomic E-state index is -0.482. The van der Waals surface area contributed by atoms with Crippen LogP contribution in [0.15, 0.2) is 30.6 Å². The zero-order valence-corrected chi connectivity index (χ0v) is 15.5. The summed E-state index contributed by atoms with van der Waals surface area (Å²) in [5.41, 5.74) is 0.949. The first-order valence-electron chi connectivity index (χ1n) is 8.99. The molecule has 1 N–H and O–H groups in total. The van der Waals surface area contributed by atoms with E-state index in [4.69, 9.17) is 5.26 Å². The number of piperidine rings is 1. The summed E-state index contributed by atoms with van der Waals surface area (Å²) in [6.07, 6.45) is 4.76. The number of anilines is 1. The maximum absolute atomic E-state index is 12.5. The van der Waals surface area contributed by atoms with Crippen molar-refractivity contribution in [2.24, 2.45) is 5.92 Å². The van der Waals surface area contributed by atoms with Gasteiger partial charge in [0.2, 0.25) is 0 Å². The molecule has 0 atom stereocenters. The maximum atomic E-state index is 12.5. The van der Waals surface area contributed by atoms with Gasteiger partial charge in [0.15, 0.2) is 11.5 Å². The molecule has 2 aromatic rings. The van der Waals surface area contributed by atoms with Crippen molar-refractivity contribution in [3.05, 3.63) is 57.5 Å². The highest BCUT2D eigenvalue weighted by Crippen LogP contribution is 2.24. The summed E-state index contributed by atoms with van der Waals surface area (Å²) < 4.78 is 0. The second-order valence-electron chi connectivity index (χ2n) is 6.69. The number of carbonyl (C=O) groups is 1. The Morgan fingerprint density at radius 2 is 2.07 bits per heavy atom. The van der Waals surface area contributed by atoms with Gasteiger partial charge in [0, 0.05) is 49.2 Å². The summed E-state index contributed by atoms with van der Waals surface area (Å²) >= 11 is 0. The zero-order chi connectivity index (χ0) is 20.1. The lowest BCUT2D eigenvalue weighted by Crippen LogP contribution is -2.39. The summed E-state index contributed by atoms with van der Waals surface area (Å²) in [6.45, 7) is 3.53. The van der Waals surface area contributed by atoms with Crippen LogP contribution in [0.1, 0.15) is 34.5 Å². The van der Waals surface area contributed by atoms with Crippen LogP contribution in [0.3, 0.4) is 0 Å². The second-order valence-corrected chi connectivity index (χ2v) is 6.69. The summed E-state index contributed by atoms with van der Waals surface area (Å²) in [6, 6.07) is 6.57. The second kappa shape index (κ2) is 8.43. The fourth-order valence-electron chi connectivity index (χ4n) is 3.39. The van der Waals surface area contributed by atoms with Crippen LogP contribution in [0, 0.1) is 34.3 Å². The number of carbonyl (C=O) groups excluding carboxylic acids is 1. The van der Waals surface area contributed by atoms with Crippen molar-refractivity contribution >= 4 is 17.4 Å². The molecule has 9 heteroatoms. The quantitative estimate of drug-likeness (QED) is 0.622. The molecule has 0 saturated carbocycles. The van der Waals surface area contributed by atoms with Crippen LogP contribution in [0.4, 0.5) is 11.5 Å². The molecule has 0 spiro atoms. The van der Waals surface area contributed by atoms with Gasteiger partial charge in [0.1, 0.15) is 6.07 Å². The van der Waals surface area contributed by atoms with Gasteiger partial charge in [-0.05, 0) is 31.7 Å². The van der Waals surface area contributed by atoms with Gasteiger partial charge in [-0.2, -0.15) is 5.26 Å². The van der Waals surface area contributed by atoms with E-state index in [9.17, 15) is 14.9 Å². The molecule has 0 radical (unpaired) electrons. The lowest BCUT2D eigenvalue weighted by atomic mass is 9.96. The highest BCUT2D eigenvalue weighted by molar-refractivity contribution is 5.96. The Hall–Kier alpha value is -3.54. The van der Waals surface area contributed by atoms with Gasteiger partial charge in [-0.25, -0.2) is 9.97 Å². The maximum Gasteiger partial charge on any atom is 0.273 e. The number of amides is 1. The Labute approximate surface area is 162 Å². The van der Waals surface area contributed by atoms with Gasteiger partial charge in [-0.1, -0.05) is 6.07 Å². The largest absolute Gasteiger partial charge is 0.354 e. The molecular formula is C19H20N6O3.